The van der Waals surface area contributed by atoms with E-state index in [1.165, 1.54) is 11.3 Å². The fourth-order valence-corrected chi connectivity index (χ4v) is 4.94. The van der Waals surface area contributed by atoms with Crippen molar-refractivity contribution in [1.82, 2.24) is 9.55 Å². The number of hydrogen-bond donors (Lipinski definition) is 0. The average Bonchev–Trinajstić information content (AvgIpc) is 3.34. The number of carbonyl (C=O) groups excluding carboxylic acids is 1. The minimum atomic E-state index is -0.223. The van der Waals surface area contributed by atoms with Crippen LogP contribution in [0.15, 0.2) is 29.1 Å². The first-order chi connectivity index (χ1) is 14.5. The summed E-state index contributed by atoms with van der Waals surface area (Å²) in [5, 5.41) is 9.60. The van der Waals surface area contributed by atoms with Crippen molar-refractivity contribution >= 4 is 33.1 Å². The van der Waals surface area contributed by atoms with E-state index in [1.54, 1.807) is 16.4 Å². The Hall–Kier alpha value is -3.18. The number of anilines is 1. The molecule has 0 spiro atoms. The monoisotopic (exact) mass is 422 g/mol. The molecule has 0 aliphatic carbocycles. The fourth-order valence-electron chi connectivity index (χ4n) is 3.80. The summed E-state index contributed by atoms with van der Waals surface area (Å²) in [7, 11) is 0. The highest BCUT2D eigenvalue weighted by atomic mass is 32.1. The Morgan fingerprint density at radius 1 is 1.37 bits per heavy atom. The van der Waals surface area contributed by atoms with Gasteiger partial charge in [-0.2, -0.15) is 5.26 Å². The lowest BCUT2D eigenvalue weighted by molar-refractivity contribution is 0.0991. The first-order valence-electron chi connectivity index (χ1n) is 9.99. The van der Waals surface area contributed by atoms with Gasteiger partial charge < -0.3 is 9.64 Å². The quantitative estimate of drug-likeness (QED) is 0.605. The number of amides is 1. The summed E-state index contributed by atoms with van der Waals surface area (Å²) >= 11 is 1.26. The Bertz CT molecular complexity index is 1200. The molecule has 4 rings (SSSR count). The average molecular weight is 423 g/mol. The summed E-state index contributed by atoms with van der Waals surface area (Å²) < 4.78 is 7.20. The number of nitriles is 1. The van der Waals surface area contributed by atoms with Gasteiger partial charge in [0.2, 0.25) is 0 Å². The van der Waals surface area contributed by atoms with E-state index in [-0.39, 0.29) is 24.4 Å². The van der Waals surface area contributed by atoms with Crippen LogP contribution in [0, 0.1) is 18.3 Å². The molecule has 8 heteroatoms. The van der Waals surface area contributed by atoms with Crippen molar-refractivity contribution in [2.45, 2.75) is 39.7 Å². The van der Waals surface area contributed by atoms with E-state index in [2.05, 4.69) is 11.1 Å². The molecule has 0 radical (unpaired) electrons. The summed E-state index contributed by atoms with van der Waals surface area (Å²) in [6.45, 7) is 5.21. The van der Waals surface area contributed by atoms with Gasteiger partial charge in [0, 0.05) is 25.2 Å². The van der Waals surface area contributed by atoms with E-state index in [0.717, 1.165) is 24.4 Å². The van der Waals surface area contributed by atoms with Crippen LogP contribution in [0.3, 0.4) is 0 Å². The van der Waals surface area contributed by atoms with Crippen molar-refractivity contribution in [1.29, 1.82) is 5.26 Å². The maximum atomic E-state index is 13.5. The van der Waals surface area contributed by atoms with Crippen molar-refractivity contribution in [2.75, 3.05) is 18.1 Å². The lowest BCUT2D eigenvalue weighted by atomic mass is 10.1. The molecule has 0 bridgehead atoms. The van der Waals surface area contributed by atoms with Crippen molar-refractivity contribution in [2.24, 2.45) is 0 Å². The fraction of sp³-hybridized carbons (Fsp3) is 0.364. The van der Waals surface area contributed by atoms with Gasteiger partial charge in [0.05, 0.1) is 29.4 Å². The van der Waals surface area contributed by atoms with Gasteiger partial charge in [0.25, 0.3) is 11.5 Å². The molecular formula is C22H22N4O3S. The number of aryl methyl sites for hydroxylation is 2. The predicted octanol–water partition coefficient (Wildman–Crippen LogP) is 3.67. The maximum absolute atomic E-state index is 13.5. The second kappa shape index (κ2) is 8.28. The number of benzene rings is 1. The second-order valence-corrected chi connectivity index (χ2v) is 8.12. The molecule has 1 aliphatic heterocycles. The van der Waals surface area contributed by atoms with Gasteiger partial charge in [-0.3, -0.25) is 14.2 Å². The summed E-state index contributed by atoms with van der Waals surface area (Å²) in [4.78, 5) is 33.7. The number of carbonyl (C=O) groups is 1. The molecular weight excluding hydrogens is 400 g/mol. The molecule has 154 valence electrons. The Balaban J connectivity index is 1.75. The molecule has 0 N–H and O–H groups in total. The summed E-state index contributed by atoms with van der Waals surface area (Å²) in [5.41, 5.74) is 1.28. The van der Waals surface area contributed by atoms with Crippen LogP contribution in [-0.4, -0.2) is 28.6 Å². The van der Waals surface area contributed by atoms with E-state index in [9.17, 15) is 9.59 Å². The van der Waals surface area contributed by atoms with Crippen LogP contribution in [0.2, 0.25) is 0 Å². The van der Waals surface area contributed by atoms with Gasteiger partial charge in [-0.05, 0) is 50.1 Å². The second-order valence-electron chi connectivity index (χ2n) is 7.12. The highest BCUT2D eigenvalue weighted by Crippen LogP contribution is 2.31. The Morgan fingerprint density at radius 3 is 2.83 bits per heavy atom. The Labute approximate surface area is 178 Å². The number of fused-ring (bicyclic) bond motifs is 2. The topological polar surface area (TPSA) is 88.2 Å². The first kappa shape index (κ1) is 20.1. The Morgan fingerprint density at radius 2 is 2.13 bits per heavy atom. The van der Waals surface area contributed by atoms with Gasteiger partial charge in [-0.15, -0.1) is 11.3 Å². The van der Waals surface area contributed by atoms with Crippen molar-refractivity contribution in [3.05, 3.63) is 50.9 Å². The molecule has 1 aromatic carbocycles. The van der Waals surface area contributed by atoms with E-state index >= 15 is 0 Å². The van der Waals surface area contributed by atoms with Crippen molar-refractivity contribution in [3.63, 3.8) is 0 Å². The van der Waals surface area contributed by atoms with Gasteiger partial charge in [-0.1, -0.05) is 0 Å². The van der Waals surface area contributed by atoms with Gasteiger partial charge in [0.15, 0.2) is 0 Å². The van der Waals surface area contributed by atoms with Crippen LogP contribution >= 0.6 is 11.3 Å². The standard InChI is InChI=1S/C22H22N4O3S/c1-3-29-16-9-7-15(8-10-16)25(13-5-11-23)22(28)19-14(2)18-20(30-19)24-17-6-4-12-26(17)21(18)27/h7-10H,3-6,12-13H2,1-2H3. The minimum absolute atomic E-state index is 0.0649. The van der Waals surface area contributed by atoms with Crippen LogP contribution in [0.25, 0.3) is 10.2 Å². The van der Waals surface area contributed by atoms with Crippen LogP contribution in [-0.2, 0) is 13.0 Å². The first-order valence-corrected chi connectivity index (χ1v) is 10.8. The molecule has 2 aromatic heterocycles. The number of nitrogens with zero attached hydrogens (tertiary/aromatic N) is 4. The van der Waals surface area contributed by atoms with Crippen LogP contribution in [0.5, 0.6) is 5.75 Å². The summed E-state index contributed by atoms with van der Waals surface area (Å²) in [6.07, 6.45) is 1.91. The molecule has 0 atom stereocenters. The van der Waals surface area contributed by atoms with Crippen molar-refractivity contribution in [3.8, 4) is 11.8 Å². The zero-order valence-corrected chi connectivity index (χ0v) is 17.8. The van der Waals surface area contributed by atoms with Gasteiger partial charge >= 0.3 is 0 Å². The molecule has 0 fully saturated rings. The summed E-state index contributed by atoms with van der Waals surface area (Å²) in [5.74, 6) is 1.29. The number of aromatic nitrogens is 2. The van der Waals surface area contributed by atoms with E-state index in [4.69, 9.17) is 10.00 Å². The number of ether oxygens (including phenoxy) is 1. The molecule has 0 unspecified atom stereocenters. The normalized spacial score (nSPS) is 12.6. The number of hydrogen-bond acceptors (Lipinski definition) is 6. The predicted molar refractivity (Wildman–Crippen MR) is 116 cm³/mol. The zero-order chi connectivity index (χ0) is 21.3. The molecule has 30 heavy (non-hydrogen) atoms. The molecule has 0 saturated carbocycles. The van der Waals surface area contributed by atoms with E-state index in [0.29, 0.717) is 39.5 Å². The van der Waals surface area contributed by atoms with Crippen LogP contribution in [0.4, 0.5) is 5.69 Å². The molecule has 1 aliphatic rings. The zero-order valence-electron chi connectivity index (χ0n) is 17.0. The SMILES string of the molecule is CCOc1ccc(N(CCC#N)C(=O)c2sc3nc4n(c(=O)c3c2C)CCC4)cc1. The minimum Gasteiger partial charge on any atom is -0.494 e. The third-order valence-electron chi connectivity index (χ3n) is 5.26. The highest BCUT2D eigenvalue weighted by Gasteiger charge is 2.26. The molecule has 1 amide bonds. The lowest BCUT2D eigenvalue weighted by Crippen LogP contribution is -2.31. The number of thiophene rings is 1. The maximum Gasteiger partial charge on any atom is 0.268 e. The van der Waals surface area contributed by atoms with Gasteiger partial charge in [-0.25, -0.2) is 4.98 Å². The summed E-state index contributed by atoms with van der Waals surface area (Å²) in [6, 6.07) is 9.34. The molecule has 0 saturated heterocycles. The van der Waals surface area contributed by atoms with Crippen LogP contribution in [0.1, 0.15) is 40.8 Å². The largest absolute Gasteiger partial charge is 0.494 e. The third-order valence-corrected chi connectivity index (χ3v) is 6.43. The van der Waals surface area contributed by atoms with Crippen molar-refractivity contribution < 1.29 is 9.53 Å². The number of rotatable bonds is 6. The van der Waals surface area contributed by atoms with E-state index in [1.807, 2.05) is 31.2 Å². The smallest absolute Gasteiger partial charge is 0.268 e. The van der Waals surface area contributed by atoms with Crippen LogP contribution < -0.4 is 15.2 Å². The Kier molecular flexibility index (Phi) is 5.55. The molecule has 3 heterocycles. The van der Waals surface area contributed by atoms with Gasteiger partial charge in [0.1, 0.15) is 16.4 Å². The molecule has 7 nitrogen and oxygen atoms in total. The molecule has 3 aromatic rings. The lowest BCUT2D eigenvalue weighted by Gasteiger charge is -2.22. The third kappa shape index (κ3) is 3.46. The highest BCUT2D eigenvalue weighted by molar-refractivity contribution is 7.20. The van der Waals surface area contributed by atoms with E-state index < -0.39 is 0 Å².